The highest BCUT2D eigenvalue weighted by Crippen LogP contribution is 2.11. The first-order valence-electron chi connectivity index (χ1n) is 5.73. The summed E-state index contributed by atoms with van der Waals surface area (Å²) in [7, 11) is 0. The van der Waals surface area contributed by atoms with Crippen LogP contribution in [0.2, 0.25) is 0 Å². The Bertz CT molecular complexity index is 704. The van der Waals surface area contributed by atoms with Crippen LogP contribution in [0, 0.1) is 22.7 Å². The number of hydrogen-bond donors (Lipinski definition) is 1. The lowest BCUT2D eigenvalue weighted by Gasteiger charge is -2.02. The molecule has 0 aliphatic carbocycles. The molecular formula is C15H9ClN4. The number of hydrogen-bond acceptors (Lipinski definition) is 4. The van der Waals surface area contributed by atoms with Crippen molar-refractivity contribution in [1.29, 1.82) is 10.5 Å². The van der Waals surface area contributed by atoms with Crippen molar-refractivity contribution in [3.05, 3.63) is 65.2 Å². The molecule has 0 radical (unpaired) electrons. The van der Waals surface area contributed by atoms with Crippen LogP contribution in [-0.2, 0) is 0 Å². The molecule has 2 aromatic rings. The normalized spacial score (nSPS) is 10.4. The first-order valence-corrected chi connectivity index (χ1v) is 6.10. The van der Waals surface area contributed by atoms with Crippen molar-refractivity contribution in [3.8, 4) is 12.1 Å². The Morgan fingerprint density at radius 2 is 1.40 bits per heavy atom. The number of hydrazone groups is 1. The zero-order valence-corrected chi connectivity index (χ0v) is 11.1. The SMILES string of the molecule is N#Cc1ccc(N/N=C(\Cl)c2ccc(C#N)cc2)cc1. The third-order valence-corrected chi connectivity index (χ3v) is 2.85. The zero-order chi connectivity index (χ0) is 14.4. The number of nitrogens with one attached hydrogen (secondary N) is 1. The van der Waals surface area contributed by atoms with Crippen molar-refractivity contribution in [2.75, 3.05) is 5.43 Å². The predicted molar refractivity (Wildman–Crippen MR) is 78.3 cm³/mol. The van der Waals surface area contributed by atoms with E-state index in [1.54, 1.807) is 48.5 Å². The lowest BCUT2D eigenvalue weighted by molar-refractivity contribution is 1.34. The molecule has 0 aliphatic heterocycles. The summed E-state index contributed by atoms with van der Waals surface area (Å²) >= 11 is 6.06. The van der Waals surface area contributed by atoms with Gasteiger partial charge in [-0.05, 0) is 36.4 Å². The fourth-order valence-corrected chi connectivity index (χ4v) is 1.65. The van der Waals surface area contributed by atoms with E-state index in [4.69, 9.17) is 22.1 Å². The lowest BCUT2D eigenvalue weighted by Crippen LogP contribution is -1.97. The van der Waals surface area contributed by atoms with Crippen LogP contribution in [0.15, 0.2) is 53.6 Å². The van der Waals surface area contributed by atoms with Crippen molar-refractivity contribution in [3.63, 3.8) is 0 Å². The van der Waals surface area contributed by atoms with Crippen molar-refractivity contribution >= 4 is 22.5 Å². The summed E-state index contributed by atoms with van der Waals surface area (Å²) in [4.78, 5) is 0. The Morgan fingerprint density at radius 3 is 1.90 bits per heavy atom. The van der Waals surface area contributed by atoms with Gasteiger partial charge in [-0.2, -0.15) is 15.6 Å². The van der Waals surface area contributed by atoms with Crippen LogP contribution in [0.4, 0.5) is 5.69 Å². The van der Waals surface area contributed by atoms with Gasteiger partial charge in [-0.1, -0.05) is 23.7 Å². The summed E-state index contributed by atoms with van der Waals surface area (Å²) in [6, 6.07) is 17.7. The average molecular weight is 281 g/mol. The van der Waals surface area contributed by atoms with Crippen LogP contribution in [0.25, 0.3) is 0 Å². The molecule has 0 atom stereocenters. The molecule has 0 amide bonds. The molecular weight excluding hydrogens is 272 g/mol. The first kappa shape index (κ1) is 13.6. The second kappa shape index (κ2) is 6.38. The van der Waals surface area contributed by atoms with Crippen molar-refractivity contribution in [2.45, 2.75) is 0 Å². The molecule has 0 heterocycles. The van der Waals surface area contributed by atoms with Gasteiger partial charge >= 0.3 is 0 Å². The van der Waals surface area contributed by atoms with Gasteiger partial charge in [0.25, 0.3) is 0 Å². The molecule has 2 rings (SSSR count). The number of rotatable bonds is 3. The number of nitriles is 2. The summed E-state index contributed by atoms with van der Waals surface area (Å²) < 4.78 is 0. The Balaban J connectivity index is 2.09. The van der Waals surface area contributed by atoms with Crippen LogP contribution in [0.3, 0.4) is 0 Å². The Hall–Kier alpha value is -2.82. The van der Waals surface area contributed by atoms with Gasteiger partial charge in [-0.3, -0.25) is 5.43 Å². The molecule has 0 fully saturated rings. The molecule has 5 heteroatoms. The molecule has 0 aromatic heterocycles. The van der Waals surface area contributed by atoms with E-state index >= 15 is 0 Å². The highest BCUT2D eigenvalue weighted by Gasteiger charge is 2.00. The minimum Gasteiger partial charge on any atom is -0.277 e. The largest absolute Gasteiger partial charge is 0.277 e. The van der Waals surface area contributed by atoms with E-state index in [0.717, 1.165) is 5.69 Å². The van der Waals surface area contributed by atoms with Gasteiger partial charge in [0.1, 0.15) is 0 Å². The lowest BCUT2D eigenvalue weighted by atomic mass is 10.2. The van der Waals surface area contributed by atoms with Gasteiger partial charge in [-0.25, -0.2) is 0 Å². The summed E-state index contributed by atoms with van der Waals surface area (Å²) in [5.41, 5.74) is 5.40. The second-order valence-electron chi connectivity index (χ2n) is 3.89. The van der Waals surface area contributed by atoms with E-state index in [-0.39, 0.29) is 0 Å². The van der Waals surface area contributed by atoms with Crippen LogP contribution in [0.1, 0.15) is 16.7 Å². The smallest absolute Gasteiger partial charge is 0.156 e. The van der Waals surface area contributed by atoms with E-state index in [9.17, 15) is 0 Å². The van der Waals surface area contributed by atoms with E-state index in [1.165, 1.54) is 0 Å². The van der Waals surface area contributed by atoms with Crippen LogP contribution >= 0.6 is 11.6 Å². The first-order chi connectivity index (χ1) is 9.72. The van der Waals surface area contributed by atoms with Gasteiger partial charge < -0.3 is 0 Å². The molecule has 96 valence electrons. The van der Waals surface area contributed by atoms with Gasteiger partial charge in [0, 0.05) is 5.56 Å². The third kappa shape index (κ3) is 3.35. The fraction of sp³-hybridized carbons (Fsp3) is 0. The highest BCUT2D eigenvalue weighted by molar-refractivity contribution is 6.69. The van der Waals surface area contributed by atoms with Crippen molar-refractivity contribution in [1.82, 2.24) is 0 Å². The highest BCUT2D eigenvalue weighted by atomic mass is 35.5. The molecule has 20 heavy (non-hydrogen) atoms. The van der Waals surface area contributed by atoms with E-state index in [1.807, 2.05) is 12.1 Å². The van der Waals surface area contributed by atoms with Crippen LogP contribution in [-0.4, -0.2) is 5.17 Å². The maximum Gasteiger partial charge on any atom is 0.156 e. The zero-order valence-electron chi connectivity index (χ0n) is 10.3. The van der Waals surface area contributed by atoms with Gasteiger partial charge in [-0.15, -0.1) is 0 Å². The molecule has 0 saturated heterocycles. The van der Waals surface area contributed by atoms with Gasteiger partial charge in [0.05, 0.1) is 29.0 Å². The molecule has 0 spiro atoms. The topological polar surface area (TPSA) is 72.0 Å². The molecule has 0 saturated carbocycles. The van der Waals surface area contributed by atoms with Crippen LogP contribution < -0.4 is 5.43 Å². The van der Waals surface area contributed by atoms with Crippen LogP contribution in [0.5, 0.6) is 0 Å². The Morgan fingerprint density at radius 1 is 0.900 bits per heavy atom. The minimum absolute atomic E-state index is 0.291. The molecule has 2 aromatic carbocycles. The summed E-state index contributed by atoms with van der Waals surface area (Å²) in [5, 5.41) is 21.7. The van der Waals surface area contributed by atoms with Gasteiger partial charge in [0.15, 0.2) is 5.17 Å². The Labute approximate surface area is 121 Å². The minimum atomic E-state index is 0.291. The van der Waals surface area contributed by atoms with E-state index in [2.05, 4.69) is 10.5 Å². The summed E-state index contributed by atoms with van der Waals surface area (Å²) in [5.74, 6) is 0. The monoisotopic (exact) mass is 280 g/mol. The third-order valence-electron chi connectivity index (χ3n) is 2.55. The number of benzene rings is 2. The molecule has 0 unspecified atom stereocenters. The fourth-order valence-electron chi connectivity index (χ4n) is 1.48. The molecule has 4 nitrogen and oxygen atoms in total. The number of anilines is 1. The van der Waals surface area contributed by atoms with Gasteiger partial charge in [0.2, 0.25) is 0 Å². The van der Waals surface area contributed by atoms with Crippen molar-refractivity contribution in [2.24, 2.45) is 5.10 Å². The van der Waals surface area contributed by atoms with E-state index in [0.29, 0.717) is 21.9 Å². The molecule has 0 aliphatic rings. The molecule has 0 bridgehead atoms. The predicted octanol–water partition coefficient (Wildman–Crippen LogP) is 3.44. The molecule has 1 N–H and O–H groups in total. The quantitative estimate of drug-likeness (QED) is 0.691. The second-order valence-corrected chi connectivity index (χ2v) is 4.25. The summed E-state index contributed by atoms with van der Waals surface area (Å²) in [6.07, 6.45) is 0. The maximum absolute atomic E-state index is 8.71. The van der Waals surface area contributed by atoms with Crippen molar-refractivity contribution < 1.29 is 0 Å². The van der Waals surface area contributed by atoms with E-state index < -0.39 is 0 Å². The maximum atomic E-state index is 8.71. The number of halogens is 1. The standard InChI is InChI=1S/C15H9ClN4/c16-15(13-5-1-11(9-17)2-6-13)20-19-14-7-3-12(10-18)4-8-14/h1-8,19H/b20-15-. The number of nitrogens with zero attached hydrogens (tertiary/aromatic N) is 3. The summed E-state index contributed by atoms with van der Waals surface area (Å²) in [6.45, 7) is 0. The Kier molecular flexibility index (Phi) is 4.34. The average Bonchev–Trinajstić information content (AvgIpc) is 2.53.